The fourth-order valence-electron chi connectivity index (χ4n) is 6.13. The molecule has 53 heavy (non-hydrogen) atoms. The average Bonchev–Trinajstić information content (AvgIpc) is 3.38. The van der Waals surface area contributed by atoms with Crippen LogP contribution in [0, 0.1) is 16.7 Å². The van der Waals surface area contributed by atoms with E-state index in [9.17, 15) is 33.1 Å². The lowest BCUT2D eigenvalue weighted by Crippen LogP contribution is -2.53. The quantitative estimate of drug-likeness (QED) is 0.0510. The molecule has 0 saturated heterocycles. The van der Waals surface area contributed by atoms with E-state index < -0.39 is 45.7 Å². The molecule has 0 aliphatic rings. The number of carbonyl (C=O) groups excluding carboxylic acids is 1. The number of hydrogen-bond donors (Lipinski definition) is 3. The van der Waals surface area contributed by atoms with Gasteiger partial charge >= 0.3 is 5.69 Å². The second kappa shape index (κ2) is 18.5. The molecule has 0 aliphatic heterocycles. The van der Waals surface area contributed by atoms with Crippen molar-refractivity contribution in [1.29, 1.82) is 0 Å². The number of carbonyl (C=O) groups is 1. The number of nitrogens with one attached hydrogen (secondary N) is 1. The largest absolute Gasteiger partial charge is 0.493 e. The Bertz CT molecular complexity index is 2060. The molecule has 1 aromatic heterocycles. The third-order valence-corrected chi connectivity index (χ3v) is 10.5. The molecule has 4 aromatic rings. The lowest BCUT2D eigenvalue weighted by molar-refractivity contribution is -0.127. The van der Waals surface area contributed by atoms with E-state index in [0.717, 1.165) is 20.3 Å². The van der Waals surface area contributed by atoms with Crippen molar-refractivity contribution in [3.63, 3.8) is 0 Å². The number of imidazole rings is 1. The molecule has 3 atom stereocenters. The molecule has 0 spiro atoms. The van der Waals surface area contributed by atoms with Crippen LogP contribution in [0.5, 0.6) is 5.88 Å². The van der Waals surface area contributed by atoms with Gasteiger partial charge in [-0.05, 0) is 58.2 Å². The number of aliphatic hydroxyl groups excluding tert-OH is 1. The molecule has 0 radical (unpaired) electrons. The Labute approximate surface area is 308 Å². The molecule has 1 amide bonds. The zero-order valence-electron chi connectivity index (χ0n) is 30.2. The summed E-state index contributed by atoms with van der Waals surface area (Å²) in [5.41, 5.74) is 10.7. The molecule has 3 N–H and O–H groups in total. The van der Waals surface area contributed by atoms with Crippen molar-refractivity contribution in [2.45, 2.75) is 76.8 Å². The molecule has 282 valence electrons. The molecular formula is C37H46N8O7S. The van der Waals surface area contributed by atoms with E-state index >= 15 is 0 Å². The number of sulfonamides is 1. The predicted molar refractivity (Wildman–Crippen MR) is 200 cm³/mol. The standard InChI is InChI=1S/C37H46N8O7S/c1-25(2)21-43(53(51,52)31-15-13-28(14-16-31)20-40-50)23-33(46)32(18-27-9-6-5-7-10-27)41-36(48)35(26(3)4)45-24-34(47)44(37(45)49)22-30-12-8-11-29(17-30)19-39-42-38/h5-17,24-26,32-33,35,46-47H,18-23H2,1-4H3,(H,41,48)/t32-,33+,35-/m0/s1. The maximum atomic E-state index is 14.2. The first kappa shape index (κ1) is 40.5. The number of nitroso groups, excluding NO2 is 1. The van der Waals surface area contributed by atoms with Crippen molar-refractivity contribution < 1.29 is 23.4 Å². The fourth-order valence-corrected chi connectivity index (χ4v) is 7.75. The minimum Gasteiger partial charge on any atom is -0.493 e. The third kappa shape index (κ3) is 10.6. The Kier molecular flexibility index (Phi) is 14.1. The van der Waals surface area contributed by atoms with Crippen molar-refractivity contribution >= 4 is 15.9 Å². The van der Waals surface area contributed by atoms with Gasteiger partial charge in [0.15, 0.2) is 0 Å². The van der Waals surface area contributed by atoms with Crippen molar-refractivity contribution in [3.8, 4) is 5.88 Å². The molecule has 0 fully saturated rings. The van der Waals surface area contributed by atoms with Gasteiger partial charge in [0.05, 0.1) is 36.3 Å². The van der Waals surface area contributed by atoms with Crippen LogP contribution in [0.3, 0.4) is 0 Å². The van der Waals surface area contributed by atoms with Crippen LogP contribution < -0.4 is 11.0 Å². The van der Waals surface area contributed by atoms with Gasteiger partial charge < -0.3 is 15.5 Å². The van der Waals surface area contributed by atoms with Crippen LogP contribution in [-0.4, -0.2) is 63.2 Å². The molecule has 1 heterocycles. The Morgan fingerprint density at radius 1 is 0.925 bits per heavy atom. The van der Waals surface area contributed by atoms with Gasteiger partial charge in [-0.1, -0.05) is 105 Å². The first-order valence-corrected chi connectivity index (χ1v) is 18.7. The van der Waals surface area contributed by atoms with Crippen LogP contribution in [0.15, 0.2) is 105 Å². The number of aromatic nitrogens is 2. The molecule has 15 nitrogen and oxygen atoms in total. The van der Waals surface area contributed by atoms with Crippen molar-refractivity contribution in [1.82, 2.24) is 18.8 Å². The number of amides is 1. The van der Waals surface area contributed by atoms with Crippen LogP contribution in [0.1, 0.15) is 56.0 Å². The molecule has 4 rings (SSSR count). The van der Waals surface area contributed by atoms with E-state index in [0.29, 0.717) is 11.1 Å². The van der Waals surface area contributed by atoms with Gasteiger partial charge in [-0.3, -0.25) is 13.9 Å². The summed E-state index contributed by atoms with van der Waals surface area (Å²) in [7, 11) is -4.12. The van der Waals surface area contributed by atoms with E-state index in [-0.39, 0.29) is 55.8 Å². The number of azide groups is 1. The summed E-state index contributed by atoms with van der Waals surface area (Å²) in [5, 5.41) is 31.9. The Morgan fingerprint density at radius 3 is 2.21 bits per heavy atom. The number of rotatable bonds is 19. The highest BCUT2D eigenvalue weighted by Crippen LogP contribution is 2.23. The number of hydrogen-bond acceptors (Lipinski definition) is 9. The number of nitrogens with zero attached hydrogens (tertiary/aromatic N) is 7. The number of aliphatic hydroxyl groups is 1. The van der Waals surface area contributed by atoms with Crippen molar-refractivity contribution in [3.05, 3.63) is 133 Å². The van der Waals surface area contributed by atoms with Crippen molar-refractivity contribution in [2.24, 2.45) is 22.1 Å². The summed E-state index contributed by atoms with van der Waals surface area (Å²) in [4.78, 5) is 41.4. The van der Waals surface area contributed by atoms with Crippen LogP contribution in [-0.2, 0) is 40.9 Å². The first-order valence-electron chi connectivity index (χ1n) is 17.2. The van der Waals surface area contributed by atoms with Crippen LogP contribution in [0.2, 0.25) is 0 Å². The third-order valence-electron chi connectivity index (χ3n) is 8.69. The Morgan fingerprint density at radius 2 is 1.58 bits per heavy atom. The molecule has 0 unspecified atom stereocenters. The van der Waals surface area contributed by atoms with Crippen LogP contribution in [0.25, 0.3) is 10.4 Å². The monoisotopic (exact) mass is 746 g/mol. The Hall–Kier alpha value is -5.28. The summed E-state index contributed by atoms with van der Waals surface area (Å²) < 4.78 is 31.2. The van der Waals surface area contributed by atoms with Gasteiger partial charge in [0.25, 0.3) is 0 Å². The minimum absolute atomic E-state index is 0.0135. The normalized spacial score (nSPS) is 13.4. The number of benzene rings is 3. The zero-order chi connectivity index (χ0) is 38.7. The van der Waals surface area contributed by atoms with Gasteiger partial charge in [0.2, 0.25) is 21.8 Å². The summed E-state index contributed by atoms with van der Waals surface area (Å²) >= 11 is 0. The predicted octanol–water partition coefficient (Wildman–Crippen LogP) is 5.11. The van der Waals surface area contributed by atoms with Gasteiger partial charge in [-0.2, -0.15) is 9.21 Å². The highest BCUT2D eigenvalue weighted by atomic mass is 32.2. The van der Waals surface area contributed by atoms with Crippen LogP contribution in [0.4, 0.5) is 0 Å². The smallest absolute Gasteiger partial charge is 0.332 e. The van der Waals surface area contributed by atoms with E-state index in [4.69, 9.17) is 5.53 Å². The maximum absolute atomic E-state index is 14.2. The zero-order valence-corrected chi connectivity index (χ0v) is 31.0. The molecular weight excluding hydrogens is 701 g/mol. The lowest BCUT2D eigenvalue weighted by atomic mass is 9.98. The first-order chi connectivity index (χ1) is 25.2. The van der Waals surface area contributed by atoms with Crippen LogP contribution >= 0.6 is 0 Å². The second-order valence-corrected chi connectivity index (χ2v) is 15.6. The van der Waals surface area contributed by atoms with Gasteiger partial charge in [0.1, 0.15) is 12.6 Å². The molecule has 0 saturated carbocycles. The average molecular weight is 747 g/mol. The van der Waals surface area contributed by atoms with E-state index in [1.165, 1.54) is 34.8 Å². The molecule has 0 bridgehead atoms. The highest BCUT2D eigenvalue weighted by Gasteiger charge is 2.34. The number of aromatic hydroxyl groups is 1. The maximum Gasteiger partial charge on any atom is 0.332 e. The second-order valence-electron chi connectivity index (χ2n) is 13.7. The van der Waals surface area contributed by atoms with Crippen molar-refractivity contribution in [2.75, 3.05) is 13.1 Å². The van der Waals surface area contributed by atoms with E-state index in [2.05, 4.69) is 20.5 Å². The summed E-state index contributed by atoms with van der Waals surface area (Å²) in [6, 6.07) is 19.9. The molecule has 16 heteroatoms. The van der Waals surface area contributed by atoms with Gasteiger partial charge in [-0.25, -0.2) is 13.2 Å². The lowest BCUT2D eigenvalue weighted by Gasteiger charge is -2.32. The SMILES string of the molecule is CC(C)CN(C[C@@H](O)[C@H](Cc1ccccc1)NC(=O)[C@H](C(C)C)n1cc(O)n(Cc2cccc(CN=[N+]=[N-])c2)c1=O)S(=O)(=O)c1ccc(CN=O)cc1. The molecule has 3 aromatic carbocycles. The summed E-state index contributed by atoms with van der Waals surface area (Å²) in [6.45, 7) is 6.93. The van der Waals surface area contributed by atoms with E-state index in [1.54, 1.807) is 38.1 Å². The highest BCUT2D eigenvalue weighted by molar-refractivity contribution is 7.89. The summed E-state index contributed by atoms with van der Waals surface area (Å²) in [6.07, 6.45) is -0.0345. The molecule has 0 aliphatic carbocycles. The van der Waals surface area contributed by atoms with Gasteiger partial charge in [0, 0.05) is 18.0 Å². The minimum atomic E-state index is -4.12. The van der Waals surface area contributed by atoms with Gasteiger partial charge in [-0.15, -0.1) is 0 Å². The Balaban J connectivity index is 1.64. The fraction of sp³-hybridized carbons (Fsp3) is 0.405. The topological polar surface area (TPSA) is 212 Å². The van der Waals surface area contributed by atoms with E-state index in [1.807, 2.05) is 44.2 Å². The summed E-state index contributed by atoms with van der Waals surface area (Å²) in [5.74, 6) is -1.52.